The molecular weight excluding hydrogens is 448 g/mol. The van der Waals surface area contributed by atoms with E-state index in [0.717, 1.165) is 5.52 Å². The average molecular weight is 481 g/mol. The van der Waals surface area contributed by atoms with Crippen molar-refractivity contribution in [2.45, 2.75) is 44.1 Å². The van der Waals surface area contributed by atoms with Crippen LogP contribution in [0.3, 0.4) is 0 Å². The Bertz CT molecular complexity index is 1130. The lowest BCUT2D eigenvalue weighted by Gasteiger charge is -2.26. The molecule has 1 fully saturated rings. The van der Waals surface area contributed by atoms with E-state index >= 15 is 0 Å². The Morgan fingerprint density at radius 2 is 1.88 bits per heavy atom. The van der Waals surface area contributed by atoms with E-state index in [4.69, 9.17) is 9.47 Å². The fourth-order valence-electron chi connectivity index (χ4n) is 3.61. The number of aryl methyl sites for hydroxylation is 2. The third-order valence-corrected chi connectivity index (χ3v) is 7.22. The van der Waals surface area contributed by atoms with Crippen LogP contribution in [0.1, 0.15) is 33.0 Å². The number of fused-ring (bicyclic) bond motifs is 1. The van der Waals surface area contributed by atoms with Crippen LogP contribution in [0.15, 0.2) is 23.1 Å². The summed E-state index contributed by atoms with van der Waals surface area (Å²) in [5.41, 5.74) is 0.721. The van der Waals surface area contributed by atoms with Gasteiger partial charge < -0.3 is 18.9 Å². The number of nitrogens with zero attached hydrogens (tertiary/aromatic N) is 4. The average Bonchev–Trinajstić information content (AvgIpc) is 3.06. The van der Waals surface area contributed by atoms with Crippen LogP contribution >= 0.6 is 0 Å². The van der Waals surface area contributed by atoms with E-state index in [1.807, 2.05) is 11.6 Å². The number of likely N-dealkylation sites (N-methyl/N-ethyl adjacent to an activating group) is 1. The molecule has 1 aromatic carbocycles. The molecule has 10 nitrogen and oxygen atoms in total. The summed E-state index contributed by atoms with van der Waals surface area (Å²) in [4.78, 5) is 30.5. The van der Waals surface area contributed by atoms with Crippen molar-refractivity contribution in [1.82, 2.24) is 18.8 Å². The highest BCUT2D eigenvalue weighted by atomic mass is 32.2. The molecule has 33 heavy (non-hydrogen) atoms. The van der Waals surface area contributed by atoms with E-state index in [9.17, 15) is 18.0 Å². The fraction of sp³-hybridized carbons (Fsp3) is 0.591. The van der Waals surface area contributed by atoms with Gasteiger partial charge in [-0.25, -0.2) is 13.4 Å². The van der Waals surface area contributed by atoms with Crippen molar-refractivity contribution in [2.24, 2.45) is 7.05 Å². The van der Waals surface area contributed by atoms with Crippen molar-refractivity contribution in [3.63, 3.8) is 0 Å². The summed E-state index contributed by atoms with van der Waals surface area (Å²) in [5.74, 6) is -0.0106. The van der Waals surface area contributed by atoms with Crippen molar-refractivity contribution >= 4 is 32.9 Å². The number of carbonyl (C=O) groups is 2. The smallest absolute Gasteiger partial charge is 0.326 e. The highest BCUT2D eigenvalue weighted by molar-refractivity contribution is 7.89. The Morgan fingerprint density at radius 1 is 1.21 bits per heavy atom. The lowest BCUT2D eigenvalue weighted by Crippen LogP contribution is -2.40. The van der Waals surface area contributed by atoms with Gasteiger partial charge in [0.05, 0.1) is 29.1 Å². The second-order valence-corrected chi connectivity index (χ2v) is 11.0. The number of hydrogen-bond acceptors (Lipinski definition) is 7. The quantitative estimate of drug-likeness (QED) is 0.550. The standard InChI is InChI=1S/C22H32N4O6S/c1-22(2,3)32-21(28)15-24(4)20(27)9-8-19-23-17-14-16(6-7-18(17)25(19)5)33(29,30)26-10-12-31-13-11-26/h6-7,14H,8-13,15H2,1-5H3. The van der Waals surface area contributed by atoms with Crippen LogP contribution in [0.25, 0.3) is 11.0 Å². The Labute approximate surface area is 194 Å². The minimum Gasteiger partial charge on any atom is -0.459 e. The van der Waals surface area contributed by atoms with Gasteiger partial charge in [0, 0.05) is 40.0 Å². The molecule has 2 aromatic rings. The van der Waals surface area contributed by atoms with Gasteiger partial charge in [0.1, 0.15) is 18.0 Å². The van der Waals surface area contributed by atoms with Gasteiger partial charge in [-0.15, -0.1) is 0 Å². The highest BCUT2D eigenvalue weighted by Crippen LogP contribution is 2.23. The summed E-state index contributed by atoms with van der Waals surface area (Å²) < 4.78 is 39.6. The van der Waals surface area contributed by atoms with E-state index in [2.05, 4.69) is 4.98 Å². The van der Waals surface area contributed by atoms with Gasteiger partial charge in [-0.2, -0.15) is 4.31 Å². The van der Waals surface area contributed by atoms with Crippen molar-refractivity contribution in [1.29, 1.82) is 0 Å². The van der Waals surface area contributed by atoms with Gasteiger partial charge in [0.25, 0.3) is 0 Å². The lowest BCUT2D eigenvalue weighted by atomic mass is 10.2. The zero-order chi connectivity index (χ0) is 24.4. The molecule has 0 N–H and O–H groups in total. The van der Waals surface area contributed by atoms with Crippen molar-refractivity contribution in [3.05, 3.63) is 24.0 Å². The molecule has 1 aromatic heterocycles. The third-order valence-electron chi connectivity index (χ3n) is 5.33. The molecule has 0 bridgehead atoms. The van der Waals surface area contributed by atoms with Gasteiger partial charge in [0.2, 0.25) is 15.9 Å². The Hall–Kier alpha value is -2.50. The fourth-order valence-corrected chi connectivity index (χ4v) is 5.04. The molecule has 1 amide bonds. The third kappa shape index (κ3) is 6.10. The number of ether oxygens (including phenoxy) is 2. The van der Waals surface area contributed by atoms with Gasteiger partial charge >= 0.3 is 5.97 Å². The lowest BCUT2D eigenvalue weighted by molar-refractivity contribution is -0.158. The van der Waals surface area contributed by atoms with Gasteiger partial charge in [-0.1, -0.05) is 0 Å². The molecule has 11 heteroatoms. The number of esters is 1. The molecule has 0 aliphatic carbocycles. The summed E-state index contributed by atoms with van der Waals surface area (Å²) >= 11 is 0. The van der Waals surface area contributed by atoms with Crippen molar-refractivity contribution in [2.75, 3.05) is 39.9 Å². The number of rotatable bonds is 7. The zero-order valence-corrected chi connectivity index (χ0v) is 20.6. The predicted molar refractivity (Wildman–Crippen MR) is 122 cm³/mol. The van der Waals surface area contributed by atoms with Gasteiger partial charge in [-0.3, -0.25) is 9.59 Å². The predicted octanol–water partition coefficient (Wildman–Crippen LogP) is 1.33. The molecule has 0 spiro atoms. The summed E-state index contributed by atoms with van der Waals surface area (Å²) in [5, 5.41) is 0. The molecule has 2 heterocycles. The van der Waals surface area contributed by atoms with Crippen LogP contribution in [-0.2, 0) is 42.6 Å². The van der Waals surface area contributed by atoms with E-state index < -0.39 is 21.6 Å². The summed E-state index contributed by atoms with van der Waals surface area (Å²) in [6.45, 7) is 6.61. The largest absolute Gasteiger partial charge is 0.459 e. The topological polar surface area (TPSA) is 111 Å². The first-order valence-electron chi connectivity index (χ1n) is 10.9. The van der Waals surface area contributed by atoms with Crippen molar-refractivity contribution < 1.29 is 27.5 Å². The molecule has 0 radical (unpaired) electrons. The number of imidazole rings is 1. The maximum absolute atomic E-state index is 12.9. The number of hydrogen-bond donors (Lipinski definition) is 0. The molecule has 1 saturated heterocycles. The minimum absolute atomic E-state index is 0.124. The second-order valence-electron chi connectivity index (χ2n) is 9.09. The molecule has 0 saturated carbocycles. The Kier molecular flexibility index (Phi) is 7.45. The van der Waals surface area contributed by atoms with Crippen molar-refractivity contribution in [3.8, 4) is 0 Å². The molecule has 1 aliphatic rings. The van der Waals surface area contributed by atoms with E-state index in [0.29, 0.717) is 44.1 Å². The number of carbonyl (C=O) groups excluding carboxylic acids is 2. The molecule has 0 atom stereocenters. The summed E-state index contributed by atoms with van der Waals surface area (Å²) in [6.07, 6.45) is 0.517. The van der Waals surface area contributed by atoms with Crippen LogP contribution in [0.5, 0.6) is 0 Å². The Balaban J connectivity index is 1.68. The number of amides is 1. The molecule has 3 rings (SSSR count). The van der Waals surface area contributed by atoms with E-state index in [1.165, 1.54) is 9.21 Å². The SMILES string of the molecule is CN(CC(=O)OC(C)(C)C)C(=O)CCc1nc2cc(S(=O)(=O)N3CCOCC3)ccc2n1C. The molecule has 0 unspecified atom stereocenters. The van der Waals surface area contributed by atoms with Crippen LogP contribution in [-0.4, -0.2) is 84.5 Å². The monoisotopic (exact) mass is 480 g/mol. The van der Waals surface area contributed by atoms with E-state index in [-0.39, 0.29) is 23.8 Å². The number of aromatic nitrogens is 2. The first kappa shape index (κ1) is 25.1. The molecule has 182 valence electrons. The number of benzene rings is 1. The first-order valence-corrected chi connectivity index (χ1v) is 12.3. The summed E-state index contributed by atoms with van der Waals surface area (Å²) in [6, 6.07) is 4.88. The maximum Gasteiger partial charge on any atom is 0.326 e. The number of morpholine rings is 1. The van der Waals surface area contributed by atoms with Crippen LogP contribution in [0.2, 0.25) is 0 Å². The number of sulfonamides is 1. The van der Waals surface area contributed by atoms with Crippen LogP contribution in [0, 0.1) is 0 Å². The highest BCUT2D eigenvalue weighted by Gasteiger charge is 2.27. The molecular formula is C22H32N4O6S. The van der Waals surface area contributed by atoms with Gasteiger partial charge in [0.15, 0.2) is 0 Å². The second kappa shape index (κ2) is 9.78. The van der Waals surface area contributed by atoms with Gasteiger partial charge in [-0.05, 0) is 39.0 Å². The Morgan fingerprint density at radius 3 is 2.52 bits per heavy atom. The maximum atomic E-state index is 12.9. The first-order chi connectivity index (χ1) is 15.4. The van der Waals surface area contributed by atoms with E-state index in [1.54, 1.807) is 46.0 Å². The zero-order valence-electron chi connectivity index (χ0n) is 19.8. The molecule has 1 aliphatic heterocycles. The van der Waals surface area contributed by atoms with Crippen LogP contribution in [0.4, 0.5) is 0 Å². The summed E-state index contributed by atoms with van der Waals surface area (Å²) in [7, 11) is -0.231. The normalized spacial score (nSPS) is 15.5. The van der Waals surface area contributed by atoms with Crippen LogP contribution < -0.4 is 0 Å². The minimum atomic E-state index is -3.62.